The Balaban J connectivity index is 0.00000480. The summed E-state index contributed by atoms with van der Waals surface area (Å²) in [5.41, 5.74) is 1.92. The van der Waals surface area contributed by atoms with Crippen molar-refractivity contribution in [3.8, 4) is 5.75 Å². The summed E-state index contributed by atoms with van der Waals surface area (Å²) in [5.74, 6) is 0.381. The van der Waals surface area contributed by atoms with E-state index in [-0.39, 0.29) is 43.2 Å². The van der Waals surface area contributed by atoms with Gasteiger partial charge in [0.2, 0.25) is 5.91 Å². The van der Waals surface area contributed by atoms with Gasteiger partial charge in [0.15, 0.2) is 5.96 Å². The number of aliphatic imine (C=N–C) groups is 1. The maximum atomic E-state index is 12.4. The number of nitrogens with zero attached hydrogens (tertiary/aromatic N) is 2. The summed E-state index contributed by atoms with van der Waals surface area (Å²) in [6.07, 6.45) is -3.61. The molecule has 31 heavy (non-hydrogen) atoms. The number of guanidine groups is 1. The summed E-state index contributed by atoms with van der Waals surface area (Å²) in [5, 5.41) is 5.77. The Kier molecular flexibility index (Phi) is 11.4. The molecule has 0 saturated carbocycles. The van der Waals surface area contributed by atoms with Crippen LogP contribution >= 0.6 is 24.0 Å². The van der Waals surface area contributed by atoms with Gasteiger partial charge in [-0.3, -0.25) is 4.79 Å². The van der Waals surface area contributed by atoms with E-state index in [9.17, 15) is 18.0 Å². The normalized spacial score (nSPS) is 16.5. The number of benzene rings is 1. The van der Waals surface area contributed by atoms with Crippen LogP contribution in [0.15, 0.2) is 23.2 Å². The molecular weight excluding hydrogens is 528 g/mol. The van der Waals surface area contributed by atoms with E-state index in [2.05, 4.69) is 15.6 Å². The van der Waals surface area contributed by atoms with E-state index in [1.54, 1.807) is 0 Å². The summed E-state index contributed by atoms with van der Waals surface area (Å²) in [7, 11) is 1.12. The van der Waals surface area contributed by atoms with Gasteiger partial charge in [0.05, 0.1) is 26.3 Å². The maximum absolute atomic E-state index is 12.4. The van der Waals surface area contributed by atoms with Crippen LogP contribution in [0, 0.1) is 6.92 Å². The van der Waals surface area contributed by atoms with Gasteiger partial charge in [0.25, 0.3) is 0 Å². The molecule has 11 heteroatoms. The van der Waals surface area contributed by atoms with Crippen molar-refractivity contribution >= 4 is 35.8 Å². The molecule has 1 fully saturated rings. The molecule has 1 aromatic carbocycles. The average molecular weight is 558 g/mol. The van der Waals surface area contributed by atoms with Gasteiger partial charge < -0.3 is 25.0 Å². The third-order valence-corrected chi connectivity index (χ3v) is 4.41. The van der Waals surface area contributed by atoms with E-state index < -0.39 is 18.6 Å². The smallest absolute Gasteiger partial charge is 0.406 e. The van der Waals surface area contributed by atoms with Gasteiger partial charge in [-0.1, -0.05) is 12.1 Å². The molecule has 2 rings (SSSR count). The van der Waals surface area contributed by atoms with Gasteiger partial charge in [-0.25, -0.2) is 4.99 Å². The lowest BCUT2D eigenvalue weighted by Crippen LogP contribution is -2.45. The molecule has 1 aliphatic rings. The number of alkyl halides is 3. The Morgan fingerprint density at radius 1 is 1.35 bits per heavy atom. The molecule has 0 radical (unpaired) electrons. The van der Waals surface area contributed by atoms with Crippen molar-refractivity contribution < 1.29 is 27.4 Å². The highest BCUT2D eigenvalue weighted by Gasteiger charge is 2.31. The monoisotopic (exact) mass is 558 g/mol. The Labute approximate surface area is 197 Å². The fraction of sp³-hybridized carbons (Fsp3) is 0.600. The topological polar surface area (TPSA) is 75.2 Å². The number of ether oxygens (including phenoxy) is 2. The van der Waals surface area contributed by atoms with Crippen molar-refractivity contribution in [3.05, 3.63) is 29.3 Å². The van der Waals surface area contributed by atoms with Crippen LogP contribution in [0.25, 0.3) is 0 Å². The molecule has 2 N–H and O–H groups in total. The third-order valence-electron chi connectivity index (χ3n) is 4.41. The Morgan fingerprint density at radius 2 is 2.10 bits per heavy atom. The third kappa shape index (κ3) is 9.93. The molecule has 0 aromatic heterocycles. The number of likely N-dealkylation sites (N-methyl/N-ethyl adjacent to an activating group) is 1. The number of carbonyl (C=O) groups excluding carboxylic acids is 1. The van der Waals surface area contributed by atoms with Crippen LogP contribution in [0.5, 0.6) is 5.75 Å². The van der Waals surface area contributed by atoms with E-state index >= 15 is 0 Å². The lowest BCUT2D eigenvalue weighted by molar-refractivity contribution is -0.157. The molecule has 1 aromatic rings. The van der Waals surface area contributed by atoms with E-state index in [0.717, 1.165) is 30.3 Å². The van der Waals surface area contributed by atoms with Crippen LogP contribution in [-0.4, -0.2) is 68.9 Å². The number of hydrogen-bond acceptors (Lipinski definition) is 4. The van der Waals surface area contributed by atoms with Crippen molar-refractivity contribution in [1.29, 1.82) is 0 Å². The second-order valence-electron chi connectivity index (χ2n) is 7.13. The molecule has 7 nitrogen and oxygen atoms in total. The molecule has 176 valence electrons. The first kappa shape index (κ1) is 27.3. The number of halogens is 4. The average Bonchev–Trinajstić information content (AvgIpc) is 3.16. The fourth-order valence-corrected chi connectivity index (χ4v) is 2.84. The van der Waals surface area contributed by atoms with E-state index in [1.165, 1.54) is 0 Å². The number of carbonyl (C=O) groups is 1. The minimum absolute atomic E-state index is 0. The second kappa shape index (κ2) is 12.9. The number of aryl methyl sites for hydroxylation is 1. The van der Waals surface area contributed by atoms with Gasteiger partial charge in [0, 0.05) is 25.6 Å². The highest BCUT2D eigenvalue weighted by atomic mass is 127. The molecule has 0 spiro atoms. The molecule has 1 unspecified atom stereocenters. The molecule has 1 atom stereocenters. The van der Waals surface area contributed by atoms with Crippen molar-refractivity contribution in [2.24, 2.45) is 4.99 Å². The lowest BCUT2D eigenvalue weighted by Gasteiger charge is -2.20. The molecule has 1 aliphatic heterocycles. The lowest BCUT2D eigenvalue weighted by atomic mass is 10.1. The summed E-state index contributed by atoms with van der Waals surface area (Å²) in [6, 6.07) is 5.83. The van der Waals surface area contributed by atoms with Gasteiger partial charge >= 0.3 is 6.18 Å². The molecule has 0 aliphatic carbocycles. The number of rotatable bonds is 8. The zero-order chi connectivity index (χ0) is 22.1. The summed E-state index contributed by atoms with van der Waals surface area (Å²) in [4.78, 5) is 17.0. The summed E-state index contributed by atoms with van der Waals surface area (Å²) >= 11 is 0. The number of amides is 1. The highest BCUT2D eigenvalue weighted by molar-refractivity contribution is 14.0. The van der Waals surface area contributed by atoms with E-state index in [4.69, 9.17) is 9.47 Å². The summed E-state index contributed by atoms with van der Waals surface area (Å²) in [6.45, 7) is 4.28. The highest BCUT2D eigenvalue weighted by Crippen LogP contribution is 2.24. The van der Waals surface area contributed by atoms with Gasteiger partial charge in [0.1, 0.15) is 18.4 Å². The predicted octanol–water partition coefficient (Wildman–Crippen LogP) is 2.86. The minimum atomic E-state index is -4.44. The summed E-state index contributed by atoms with van der Waals surface area (Å²) < 4.78 is 48.7. The van der Waals surface area contributed by atoms with E-state index in [1.807, 2.05) is 32.0 Å². The first-order valence-electron chi connectivity index (χ1n) is 9.84. The maximum Gasteiger partial charge on any atom is 0.406 e. The first-order valence-corrected chi connectivity index (χ1v) is 9.84. The van der Waals surface area contributed by atoms with Gasteiger partial charge in [-0.05, 0) is 25.5 Å². The SMILES string of the molecule is CCNC(=NCc1ccc(C)cc1OC1CCOC1)NCC(=O)N(C)CC(F)(F)F.I. The van der Waals surface area contributed by atoms with Crippen molar-refractivity contribution in [1.82, 2.24) is 15.5 Å². The Hall–Kier alpha value is -1.76. The number of nitrogens with one attached hydrogen (secondary N) is 2. The van der Waals surface area contributed by atoms with Crippen LogP contribution in [0.1, 0.15) is 24.5 Å². The fourth-order valence-electron chi connectivity index (χ4n) is 2.84. The molecule has 1 saturated heterocycles. The first-order chi connectivity index (χ1) is 14.2. The minimum Gasteiger partial charge on any atom is -0.488 e. The van der Waals surface area contributed by atoms with Crippen LogP contribution in [0.2, 0.25) is 0 Å². The molecule has 1 amide bonds. The van der Waals surface area contributed by atoms with Crippen LogP contribution in [0.3, 0.4) is 0 Å². The largest absolute Gasteiger partial charge is 0.488 e. The van der Waals surface area contributed by atoms with Crippen molar-refractivity contribution in [3.63, 3.8) is 0 Å². The zero-order valence-corrected chi connectivity index (χ0v) is 20.3. The standard InChI is InChI=1S/C20H29F3N4O3.HI/c1-4-24-19(26-11-18(28)27(3)13-20(21,22)23)25-10-15-6-5-14(2)9-17(15)30-16-7-8-29-12-16;/h5-6,9,16H,4,7-8,10-13H2,1-3H3,(H2,24,25,26);1H. The quantitative estimate of drug-likeness (QED) is 0.292. The Morgan fingerprint density at radius 3 is 2.71 bits per heavy atom. The molecule has 0 bridgehead atoms. The Bertz CT molecular complexity index is 741. The van der Waals surface area contributed by atoms with Crippen molar-refractivity contribution in [2.75, 3.05) is 39.9 Å². The van der Waals surface area contributed by atoms with Crippen LogP contribution in [-0.2, 0) is 16.1 Å². The number of hydrogen-bond donors (Lipinski definition) is 2. The predicted molar refractivity (Wildman–Crippen MR) is 123 cm³/mol. The van der Waals surface area contributed by atoms with Crippen molar-refractivity contribution in [2.45, 2.75) is 39.1 Å². The second-order valence-corrected chi connectivity index (χ2v) is 7.13. The van der Waals surface area contributed by atoms with Crippen LogP contribution < -0.4 is 15.4 Å². The van der Waals surface area contributed by atoms with Crippen LogP contribution in [0.4, 0.5) is 13.2 Å². The molecule has 1 heterocycles. The zero-order valence-electron chi connectivity index (χ0n) is 17.9. The van der Waals surface area contributed by atoms with Gasteiger partial charge in [-0.2, -0.15) is 13.2 Å². The van der Waals surface area contributed by atoms with E-state index in [0.29, 0.717) is 30.6 Å². The molecular formula is C20H30F3IN4O3. The van der Waals surface area contributed by atoms with Gasteiger partial charge in [-0.15, -0.1) is 24.0 Å².